The average molecular weight is 245 g/mol. The van der Waals surface area contributed by atoms with Crippen LogP contribution in [0.4, 0.5) is 5.69 Å². The van der Waals surface area contributed by atoms with E-state index in [4.69, 9.17) is 9.52 Å². The Bertz CT molecular complexity index is 572. The van der Waals surface area contributed by atoms with Crippen molar-refractivity contribution in [2.75, 3.05) is 5.32 Å². The normalized spacial score (nSPS) is 10.4. The molecule has 0 radical (unpaired) electrons. The van der Waals surface area contributed by atoms with E-state index in [1.54, 1.807) is 6.07 Å². The van der Waals surface area contributed by atoms with Gasteiger partial charge in [-0.05, 0) is 42.8 Å². The summed E-state index contributed by atoms with van der Waals surface area (Å²) in [7, 11) is 0. The monoisotopic (exact) mass is 245 g/mol. The smallest absolute Gasteiger partial charge is 0.221 e. The first-order chi connectivity index (χ1) is 8.60. The summed E-state index contributed by atoms with van der Waals surface area (Å²) in [6.07, 6.45) is 0. The van der Waals surface area contributed by atoms with Gasteiger partial charge in [0.05, 0.1) is 0 Å². The van der Waals surface area contributed by atoms with Gasteiger partial charge in [-0.3, -0.25) is 4.79 Å². The van der Waals surface area contributed by atoms with Crippen molar-refractivity contribution in [3.8, 4) is 11.3 Å². The van der Waals surface area contributed by atoms with Gasteiger partial charge < -0.3 is 14.8 Å². The molecule has 1 heterocycles. The molecule has 2 rings (SSSR count). The lowest BCUT2D eigenvalue weighted by Gasteiger charge is -2.07. The van der Waals surface area contributed by atoms with E-state index >= 15 is 0 Å². The SMILES string of the molecule is CC(=O)Nc1ccc(-c2ccc(CO)o2)c(C)c1. The number of carbonyl (C=O) groups excluding carboxylic acids is 1. The fourth-order valence-corrected chi connectivity index (χ4v) is 1.83. The van der Waals surface area contributed by atoms with Crippen molar-refractivity contribution in [1.29, 1.82) is 0 Å². The summed E-state index contributed by atoms with van der Waals surface area (Å²) < 4.78 is 5.48. The predicted octanol–water partition coefficient (Wildman–Crippen LogP) is 2.71. The van der Waals surface area contributed by atoms with Crippen LogP contribution in [-0.4, -0.2) is 11.0 Å². The van der Waals surface area contributed by atoms with E-state index < -0.39 is 0 Å². The van der Waals surface area contributed by atoms with E-state index in [9.17, 15) is 4.79 Å². The molecule has 0 aliphatic rings. The second-order valence-electron chi connectivity index (χ2n) is 4.13. The van der Waals surface area contributed by atoms with Crippen molar-refractivity contribution in [1.82, 2.24) is 0 Å². The Balaban J connectivity index is 2.32. The lowest BCUT2D eigenvalue weighted by Crippen LogP contribution is -2.05. The molecular formula is C14H15NO3. The van der Waals surface area contributed by atoms with Gasteiger partial charge >= 0.3 is 0 Å². The summed E-state index contributed by atoms with van der Waals surface area (Å²) >= 11 is 0. The minimum atomic E-state index is -0.108. The Morgan fingerprint density at radius 2 is 2.11 bits per heavy atom. The topological polar surface area (TPSA) is 62.5 Å². The van der Waals surface area contributed by atoms with Gasteiger partial charge in [-0.25, -0.2) is 0 Å². The van der Waals surface area contributed by atoms with Crippen LogP contribution in [0.25, 0.3) is 11.3 Å². The second-order valence-corrected chi connectivity index (χ2v) is 4.13. The van der Waals surface area contributed by atoms with Crippen LogP contribution in [0.3, 0.4) is 0 Å². The molecule has 0 fully saturated rings. The van der Waals surface area contributed by atoms with Crippen LogP contribution < -0.4 is 5.32 Å². The summed E-state index contributed by atoms with van der Waals surface area (Å²) in [5.74, 6) is 1.16. The van der Waals surface area contributed by atoms with E-state index in [1.807, 2.05) is 31.2 Å². The summed E-state index contributed by atoms with van der Waals surface area (Å²) in [6.45, 7) is 3.31. The molecule has 1 aromatic heterocycles. The lowest BCUT2D eigenvalue weighted by molar-refractivity contribution is -0.114. The fraction of sp³-hybridized carbons (Fsp3) is 0.214. The molecule has 2 N–H and O–H groups in total. The maximum absolute atomic E-state index is 11.0. The molecule has 0 aliphatic carbocycles. The van der Waals surface area contributed by atoms with Gasteiger partial charge in [0, 0.05) is 18.2 Å². The van der Waals surface area contributed by atoms with Crippen LogP contribution >= 0.6 is 0 Å². The summed E-state index contributed by atoms with van der Waals surface area (Å²) in [4.78, 5) is 11.0. The first kappa shape index (κ1) is 12.4. The molecule has 4 heteroatoms. The molecule has 0 saturated carbocycles. The van der Waals surface area contributed by atoms with Gasteiger partial charge in [0.25, 0.3) is 0 Å². The molecule has 0 atom stereocenters. The Morgan fingerprint density at radius 3 is 2.67 bits per heavy atom. The van der Waals surface area contributed by atoms with Crippen LogP contribution in [0.5, 0.6) is 0 Å². The molecule has 0 saturated heterocycles. The van der Waals surface area contributed by atoms with Crippen molar-refractivity contribution in [2.45, 2.75) is 20.5 Å². The number of benzene rings is 1. The zero-order valence-corrected chi connectivity index (χ0v) is 10.4. The highest BCUT2D eigenvalue weighted by Gasteiger charge is 2.08. The van der Waals surface area contributed by atoms with E-state index in [0.717, 1.165) is 16.8 Å². The van der Waals surface area contributed by atoms with Gasteiger partial charge in [0.15, 0.2) is 0 Å². The summed E-state index contributed by atoms with van der Waals surface area (Å²) in [5.41, 5.74) is 2.71. The highest BCUT2D eigenvalue weighted by molar-refractivity contribution is 5.89. The number of nitrogens with one attached hydrogen (secondary N) is 1. The number of hydrogen-bond donors (Lipinski definition) is 2. The number of aliphatic hydroxyl groups excluding tert-OH is 1. The third-order valence-electron chi connectivity index (χ3n) is 2.63. The molecule has 1 amide bonds. The predicted molar refractivity (Wildman–Crippen MR) is 69.1 cm³/mol. The maximum atomic E-state index is 11.0. The van der Waals surface area contributed by atoms with Crippen molar-refractivity contribution < 1.29 is 14.3 Å². The van der Waals surface area contributed by atoms with Crippen molar-refractivity contribution >= 4 is 11.6 Å². The number of aryl methyl sites for hydroxylation is 1. The number of aliphatic hydroxyl groups is 1. The van der Waals surface area contributed by atoms with Crippen LogP contribution in [0.1, 0.15) is 18.2 Å². The molecule has 18 heavy (non-hydrogen) atoms. The maximum Gasteiger partial charge on any atom is 0.221 e. The van der Waals surface area contributed by atoms with E-state index in [2.05, 4.69) is 5.32 Å². The van der Waals surface area contributed by atoms with E-state index in [1.165, 1.54) is 6.92 Å². The Kier molecular flexibility index (Phi) is 3.48. The van der Waals surface area contributed by atoms with Crippen molar-refractivity contribution in [3.05, 3.63) is 41.7 Å². The number of rotatable bonds is 3. The highest BCUT2D eigenvalue weighted by Crippen LogP contribution is 2.27. The van der Waals surface area contributed by atoms with Crippen molar-refractivity contribution in [3.63, 3.8) is 0 Å². The fourth-order valence-electron chi connectivity index (χ4n) is 1.83. The molecule has 4 nitrogen and oxygen atoms in total. The molecule has 0 aliphatic heterocycles. The van der Waals surface area contributed by atoms with E-state index in [-0.39, 0.29) is 12.5 Å². The molecule has 0 spiro atoms. The van der Waals surface area contributed by atoms with Crippen LogP contribution in [0, 0.1) is 6.92 Å². The van der Waals surface area contributed by atoms with Gasteiger partial charge in [-0.1, -0.05) is 0 Å². The number of hydrogen-bond acceptors (Lipinski definition) is 3. The number of amides is 1. The Labute approximate surface area is 105 Å². The van der Waals surface area contributed by atoms with Crippen LogP contribution in [0.2, 0.25) is 0 Å². The number of carbonyl (C=O) groups is 1. The second kappa shape index (κ2) is 5.06. The zero-order valence-electron chi connectivity index (χ0n) is 10.4. The average Bonchev–Trinajstić information content (AvgIpc) is 2.76. The molecule has 94 valence electrons. The molecule has 2 aromatic rings. The number of furan rings is 1. The van der Waals surface area contributed by atoms with Gasteiger partial charge in [-0.2, -0.15) is 0 Å². The highest BCUT2D eigenvalue weighted by atomic mass is 16.4. The summed E-state index contributed by atoms with van der Waals surface area (Å²) in [6, 6.07) is 9.17. The third kappa shape index (κ3) is 2.60. The molecule has 0 bridgehead atoms. The summed E-state index contributed by atoms with van der Waals surface area (Å²) in [5, 5.41) is 11.7. The molecular weight excluding hydrogens is 230 g/mol. The van der Waals surface area contributed by atoms with Crippen LogP contribution in [-0.2, 0) is 11.4 Å². The Morgan fingerprint density at radius 1 is 1.33 bits per heavy atom. The standard InChI is InChI=1S/C14H15NO3/c1-9-7-11(15-10(2)17)3-5-13(9)14-6-4-12(8-16)18-14/h3-7,16H,8H2,1-2H3,(H,15,17). The third-order valence-corrected chi connectivity index (χ3v) is 2.63. The lowest BCUT2D eigenvalue weighted by atomic mass is 10.1. The number of anilines is 1. The molecule has 1 aromatic carbocycles. The first-order valence-corrected chi connectivity index (χ1v) is 5.68. The minimum Gasteiger partial charge on any atom is -0.459 e. The Hall–Kier alpha value is -2.07. The largest absolute Gasteiger partial charge is 0.459 e. The quantitative estimate of drug-likeness (QED) is 0.873. The first-order valence-electron chi connectivity index (χ1n) is 5.68. The van der Waals surface area contributed by atoms with Gasteiger partial charge in [0.2, 0.25) is 5.91 Å². The van der Waals surface area contributed by atoms with Crippen LogP contribution in [0.15, 0.2) is 34.7 Å². The van der Waals surface area contributed by atoms with E-state index in [0.29, 0.717) is 11.5 Å². The van der Waals surface area contributed by atoms with Gasteiger partial charge in [0.1, 0.15) is 18.1 Å². The molecule has 0 unspecified atom stereocenters. The zero-order chi connectivity index (χ0) is 13.1. The minimum absolute atomic E-state index is 0.0947. The van der Waals surface area contributed by atoms with Crippen molar-refractivity contribution in [2.24, 2.45) is 0 Å². The van der Waals surface area contributed by atoms with Gasteiger partial charge in [-0.15, -0.1) is 0 Å².